The fraction of sp³-hybridized carbons (Fsp3) is 0.467. The van der Waals surface area contributed by atoms with E-state index in [9.17, 15) is 9.59 Å². The SMILES string of the molecule is CC1CN(CCN2C(=O)c3ccccc3C2=O)CCN1.Cl. The third kappa shape index (κ3) is 3.10. The molecule has 2 amide bonds. The summed E-state index contributed by atoms with van der Waals surface area (Å²) in [6.45, 7) is 6.25. The summed E-state index contributed by atoms with van der Waals surface area (Å²) in [5.74, 6) is -0.317. The number of fused-ring (bicyclic) bond motifs is 1. The number of imide groups is 1. The first kappa shape index (κ1) is 15.9. The van der Waals surface area contributed by atoms with Crippen LogP contribution in [0.25, 0.3) is 0 Å². The van der Waals surface area contributed by atoms with Gasteiger partial charge in [-0.05, 0) is 19.1 Å². The third-order valence-corrected chi connectivity index (χ3v) is 3.97. The second-order valence-electron chi connectivity index (χ2n) is 5.46. The average molecular weight is 310 g/mol. The first-order valence-electron chi connectivity index (χ1n) is 7.08. The number of rotatable bonds is 3. The summed E-state index contributed by atoms with van der Waals surface area (Å²) < 4.78 is 0. The zero-order valence-electron chi connectivity index (χ0n) is 12.0. The second kappa shape index (κ2) is 6.56. The normalized spacial score (nSPS) is 22.1. The molecule has 1 atom stereocenters. The fourth-order valence-electron chi connectivity index (χ4n) is 2.90. The molecule has 0 aromatic heterocycles. The fourth-order valence-corrected chi connectivity index (χ4v) is 2.90. The van der Waals surface area contributed by atoms with E-state index >= 15 is 0 Å². The number of benzene rings is 1. The molecule has 1 saturated heterocycles. The molecule has 1 fully saturated rings. The number of carbonyl (C=O) groups excluding carboxylic acids is 2. The zero-order chi connectivity index (χ0) is 14.1. The van der Waals surface area contributed by atoms with Gasteiger partial charge in [0, 0.05) is 38.8 Å². The molecule has 0 saturated carbocycles. The van der Waals surface area contributed by atoms with E-state index in [1.807, 2.05) is 0 Å². The van der Waals surface area contributed by atoms with Gasteiger partial charge in [-0.3, -0.25) is 19.4 Å². The number of hydrogen-bond donors (Lipinski definition) is 1. The van der Waals surface area contributed by atoms with Crippen molar-refractivity contribution in [1.29, 1.82) is 0 Å². The molecule has 1 aromatic rings. The van der Waals surface area contributed by atoms with E-state index in [1.54, 1.807) is 24.3 Å². The van der Waals surface area contributed by atoms with E-state index in [-0.39, 0.29) is 24.2 Å². The maximum atomic E-state index is 12.2. The van der Waals surface area contributed by atoms with Gasteiger partial charge in [0.05, 0.1) is 11.1 Å². The van der Waals surface area contributed by atoms with Crippen LogP contribution < -0.4 is 5.32 Å². The van der Waals surface area contributed by atoms with Crippen molar-refractivity contribution in [2.45, 2.75) is 13.0 Å². The van der Waals surface area contributed by atoms with Crippen LogP contribution in [0.4, 0.5) is 0 Å². The number of nitrogens with one attached hydrogen (secondary N) is 1. The van der Waals surface area contributed by atoms with Gasteiger partial charge in [0.25, 0.3) is 11.8 Å². The number of carbonyl (C=O) groups is 2. The smallest absolute Gasteiger partial charge is 0.261 e. The lowest BCUT2D eigenvalue weighted by atomic mass is 10.1. The van der Waals surface area contributed by atoms with E-state index in [2.05, 4.69) is 17.1 Å². The van der Waals surface area contributed by atoms with Gasteiger partial charge >= 0.3 is 0 Å². The van der Waals surface area contributed by atoms with Crippen molar-refractivity contribution in [3.8, 4) is 0 Å². The molecule has 2 aliphatic rings. The molecule has 1 aromatic carbocycles. The Bertz CT molecular complexity index is 514. The molecule has 3 rings (SSSR count). The average Bonchev–Trinajstić information content (AvgIpc) is 2.70. The number of hydrogen-bond acceptors (Lipinski definition) is 4. The number of amides is 2. The van der Waals surface area contributed by atoms with Gasteiger partial charge in [-0.15, -0.1) is 12.4 Å². The predicted octanol–water partition coefficient (Wildman–Crippen LogP) is 0.998. The molecule has 1 N–H and O–H groups in total. The second-order valence-corrected chi connectivity index (χ2v) is 5.46. The van der Waals surface area contributed by atoms with Crippen molar-refractivity contribution in [2.75, 3.05) is 32.7 Å². The maximum Gasteiger partial charge on any atom is 0.261 e. The van der Waals surface area contributed by atoms with Crippen molar-refractivity contribution in [3.63, 3.8) is 0 Å². The van der Waals surface area contributed by atoms with Crippen LogP contribution in [0.15, 0.2) is 24.3 Å². The van der Waals surface area contributed by atoms with Gasteiger partial charge in [0.15, 0.2) is 0 Å². The Morgan fingerprint density at radius 3 is 2.33 bits per heavy atom. The Kier molecular flexibility index (Phi) is 4.98. The number of halogens is 1. The number of nitrogens with zero attached hydrogens (tertiary/aromatic N) is 2. The summed E-state index contributed by atoms with van der Waals surface area (Å²) in [5, 5.41) is 3.38. The van der Waals surface area contributed by atoms with Crippen molar-refractivity contribution in [1.82, 2.24) is 15.1 Å². The first-order chi connectivity index (χ1) is 9.66. The predicted molar refractivity (Wildman–Crippen MR) is 83.0 cm³/mol. The van der Waals surface area contributed by atoms with Crippen LogP contribution in [0.5, 0.6) is 0 Å². The van der Waals surface area contributed by atoms with Gasteiger partial charge in [-0.25, -0.2) is 0 Å². The van der Waals surface area contributed by atoms with E-state index < -0.39 is 0 Å². The van der Waals surface area contributed by atoms with Gasteiger partial charge in [0.2, 0.25) is 0 Å². The highest BCUT2D eigenvalue weighted by Gasteiger charge is 2.35. The van der Waals surface area contributed by atoms with Gasteiger partial charge in [0.1, 0.15) is 0 Å². The van der Waals surface area contributed by atoms with Crippen molar-refractivity contribution in [3.05, 3.63) is 35.4 Å². The Labute approximate surface area is 130 Å². The Hall–Kier alpha value is -1.43. The molecule has 0 bridgehead atoms. The minimum absolute atomic E-state index is 0. The Balaban J connectivity index is 0.00000161. The molecule has 0 radical (unpaired) electrons. The van der Waals surface area contributed by atoms with Crippen molar-refractivity contribution >= 4 is 24.2 Å². The van der Waals surface area contributed by atoms with E-state index in [4.69, 9.17) is 0 Å². The van der Waals surface area contributed by atoms with Crippen LogP contribution in [0.2, 0.25) is 0 Å². The molecule has 21 heavy (non-hydrogen) atoms. The van der Waals surface area contributed by atoms with Crippen LogP contribution in [-0.4, -0.2) is 60.4 Å². The molecular weight excluding hydrogens is 290 g/mol. The van der Waals surface area contributed by atoms with Crippen LogP contribution in [0.1, 0.15) is 27.6 Å². The molecule has 0 spiro atoms. The van der Waals surface area contributed by atoms with Crippen molar-refractivity contribution in [2.24, 2.45) is 0 Å². The lowest BCUT2D eigenvalue weighted by Crippen LogP contribution is -2.51. The number of piperazine rings is 1. The highest BCUT2D eigenvalue weighted by Crippen LogP contribution is 2.22. The van der Waals surface area contributed by atoms with E-state index in [0.717, 1.165) is 26.2 Å². The van der Waals surface area contributed by atoms with Crippen LogP contribution >= 0.6 is 12.4 Å². The lowest BCUT2D eigenvalue weighted by Gasteiger charge is -2.32. The van der Waals surface area contributed by atoms with Gasteiger partial charge < -0.3 is 5.32 Å². The molecule has 0 aliphatic carbocycles. The molecule has 2 aliphatic heterocycles. The molecule has 2 heterocycles. The summed E-state index contributed by atoms with van der Waals surface area (Å²) in [5.41, 5.74) is 1.07. The summed E-state index contributed by atoms with van der Waals surface area (Å²) >= 11 is 0. The minimum atomic E-state index is -0.159. The highest BCUT2D eigenvalue weighted by atomic mass is 35.5. The summed E-state index contributed by atoms with van der Waals surface area (Å²) in [4.78, 5) is 28.1. The van der Waals surface area contributed by atoms with Gasteiger partial charge in [-0.1, -0.05) is 12.1 Å². The highest BCUT2D eigenvalue weighted by molar-refractivity contribution is 6.21. The molecular formula is C15H20ClN3O2. The Morgan fingerprint density at radius 2 is 1.76 bits per heavy atom. The minimum Gasteiger partial charge on any atom is -0.312 e. The summed E-state index contributed by atoms with van der Waals surface area (Å²) in [6, 6.07) is 7.51. The van der Waals surface area contributed by atoms with Crippen LogP contribution in [0.3, 0.4) is 0 Å². The lowest BCUT2D eigenvalue weighted by molar-refractivity contribution is 0.0630. The standard InChI is InChI=1S/C15H19N3O2.ClH/c1-11-10-17(7-6-16-11)8-9-18-14(19)12-4-2-3-5-13(12)15(18)20;/h2-5,11,16H,6-10H2,1H3;1H. The maximum absolute atomic E-state index is 12.2. The van der Waals surface area contributed by atoms with Crippen LogP contribution in [-0.2, 0) is 0 Å². The van der Waals surface area contributed by atoms with E-state index in [0.29, 0.717) is 23.7 Å². The first-order valence-corrected chi connectivity index (χ1v) is 7.08. The molecule has 114 valence electrons. The zero-order valence-corrected chi connectivity index (χ0v) is 12.9. The van der Waals surface area contributed by atoms with Crippen LogP contribution in [0, 0.1) is 0 Å². The third-order valence-electron chi connectivity index (χ3n) is 3.97. The van der Waals surface area contributed by atoms with E-state index in [1.165, 1.54) is 4.90 Å². The largest absolute Gasteiger partial charge is 0.312 e. The molecule has 6 heteroatoms. The summed E-state index contributed by atoms with van der Waals surface area (Å²) in [6.07, 6.45) is 0. The Morgan fingerprint density at radius 1 is 1.14 bits per heavy atom. The molecule has 5 nitrogen and oxygen atoms in total. The topological polar surface area (TPSA) is 52.7 Å². The monoisotopic (exact) mass is 309 g/mol. The van der Waals surface area contributed by atoms with Gasteiger partial charge in [-0.2, -0.15) is 0 Å². The molecule has 1 unspecified atom stereocenters. The quantitative estimate of drug-likeness (QED) is 0.846. The summed E-state index contributed by atoms with van der Waals surface area (Å²) in [7, 11) is 0. The van der Waals surface area contributed by atoms with Crippen molar-refractivity contribution < 1.29 is 9.59 Å².